The van der Waals surface area contributed by atoms with Crippen LogP contribution < -0.4 is 10.6 Å². The topological polar surface area (TPSA) is 71.1 Å². The Balaban J connectivity index is 1.53. The first-order valence-electron chi connectivity index (χ1n) is 9.03. The van der Waals surface area contributed by atoms with E-state index in [-0.39, 0.29) is 30.6 Å². The molecule has 0 atom stereocenters. The number of aromatic nitrogens is 1. The van der Waals surface area contributed by atoms with E-state index in [1.807, 2.05) is 0 Å². The molecular formula is C19H20F3N3O2S. The lowest BCUT2D eigenvalue weighted by molar-refractivity contribution is -0.137. The number of thiazole rings is 1. The number of nitrogens with one attached hydrogen (secondary N) is 2. The molecule has 1 heterocycles. The largest absolute Gasteiger partial charge is 0.416 e. The van der Waals surface area contributed by atoms with Crippen molar-refractivity contribution in [3.8, 4) is 10.6 Å². The summed E-state index contributed by atoms with van der Waals surface area (Å²) < 4.78 is 38.5. The van der Waals surface area contributed by atoms with Gasteiger partial charge in [0.05, 0.1) is 5.56 Å². The van der Waals surface area contributed by atoms with E-state index in [2.05, 4.69) is 15.6 Å². The van der Waals surface area contributed by atoms with Crippen LogP contribution in [-0.2, 0) is 11.0 Å². The van der Waals surface area contributed by atoms with Crippen LogP contribution in [0.2, 0.25) is 0 Å². The summed E-state index contributed by atoms with van der Waals surface area (Å²) in [5.41, 5.74) is -0.345. The lowest BCUT2D eigenvalue weighted by Crippen LogP contribution is -2.35. The van der Waals surface area contributed by atoms with Gasteiger partial charge in [-0.1, -0.05) is 25.0 Å². The SMILES string of the molecule is O=C(CCNC(=O)c1csc(-c2cccc(C(F)(F)F)c2)n1)NC1CCCC1. The molecule has 1 aliphatic carbocycles. The van der Waals surface area contributed by atoms with E-state index in [0.29, 0.717) is 10.6 Å². The summed E-state index contributed by atoms with van der Waals surface area (Å²) in [5, 5.41) is 7.38. The molecule has 5 nitrogen and oxygen atoms in total. The third kappa shape index (κ3) is 5.31. The highest BCUT2D eigenvalue weighted by Gasteiger charge is 2.30. The molecule has 3 rings (SSSR count). The second kappa shape index (κ2) is 8.72. The van der Waals surface area contributed by atoms with Crippen molar-refractivity contribution in [2.75, 3.05) is 6.54 Å². The third-order valence-electron chi connectivity index (χ3n) is 4.53. The summed E-state index contributed by atoms with van der Waals surface area (Å²) in [4.78, 5) is 28.1. The number of carbonyl (C=O) groups is 2. The lowest BCUT2D eigenvalue weighted by atomic mass is 10.1. The van der Waals surface area contributed by atoms with E-state index in [9.17, 15) is 22.8 Å². The number of hydrogen-bond acceptors (Lipinski definition) is 4. The maximum Gasteiger partial charge on any atom is 0.416 e. The Morgan fingerprint density at radius 2 is 1.96 bits per heavy atom. The maximum absolute atomic E-state index is 12.8. The zero-order chi connectivity index (χ0) is 20.1. The van der Waals surface area contributed by atoms with Crippen molar-refractivity contribution in [1.82, 2.24) is 15.6 Å². The molecule has 0 aliphatic heterocycles. The summed E-state index contributed by atoms with van der Waals surface area (Å²) in [6.45, 7) is 0.174. The Labute approximate surface area is 164 Å². The number of benzene rings is 1. The molecule has 2 amide bonds. The van der Waals surface area contributed by atoms with Gasteiger partial charge in [-0.2, -0.15) is 13.2 Å². The smallest absolute Gasteiger partial charge is 0.353 e. The van der Waals surface area contributed by atoms with Gasteiger partial charge in [0, 0.05) is 30.0 Å². The van der Waals surface area contributed by atoms with Crippen molar-refractivity contribution in [2.45, 2.75) is 44.3 Å². The van der Waals surface area contributed by atoms with Crippen molar-refractivity contribution >= 4 is 23.2 Å². The van der Waals surface area contributed by atoms with Gasteiger partial charge in [0.1, 0.15) is 10.7 Å². The van der Waals surface area contributed by atoms with Crippen molar-refractivity contribution in [3.05, 3.63) is 40.9 Å². The molecule has 1 aromatic carbocycles. The number of rotatable bonds is 6. The molecule has 28 heavy (non-hydrogen) atoms. The molecule has 0 bridgehead atoms. The monoisotopic (exact) mass is 411 g/mol. The van der Waals surface area contributed by atoms with Gasteiger partial charge in [-0.05, 0) is 25.0 Å². The van der Waals surface area contributed by atoms with Crippen LogP contribution in [0.5, 0.6) is 0 Å². The van der Waals surface area contributed by atoms with E-state index < -0.39 is 17.6 Å². The van der Waals surface area contributed by atoms with Gasteiger partial charge in [0.25, 0.3) is 5.91 Å². The molecule has 0 unspecified atom stereocenters. The van der Waals surface area contributed by atoms with Gasteiger partial charge in [0.15, 0.2) is 0 Å². The van der Waals surface area contributed by atoms with Gasteiger partial charge in [-0.25, -0.2) is 4.98 Å². The van der Waals surface area contributed by atoms with Gasteiger partial charge in [-0.15, -0.1) is 11.3 Å². The molecule has 9 heteroatoms. The summed E-state index contributed by atoms with van der Waals surface area (Å²) >= 11 is 1.09. The Morgan fingerprint density at radius 3 is 2.68 bits per heavy atom. The van der Waals surface area contributed by atoms with Crippen molar-refractivity contribution in [3.63, 3.8) is 0 Å². The first-order chi connectivity index (χ1) is 13.3. The average molecular weight is 411 g/mol. The molecular weight excluding hydrogens is 391 g/mol. The number of carbonyl (C=O) groups excluding carboxylic acids is 2. The summed E-state index contributed by atoms with van der Waals surface area (Å²) in [6, 6.07) is 5.05. The fourth-order valence-electron chi connectivity index (χ4n) is 3.09. The highest BCUT2D eigenvalue weighted by molar-refractivity contribution is 7.13. The first-order valence-corrected chi connectivity index (χ1v) is 9.91. The van der Waals surface area contributed by atoms with Crippen LogP contribution in [0, 0.1) is 0 Å². The molecule has 1 saturated carbocycles. The Hall–Kier alpha value is -2.42. The summed E-state index contributed by atoms with van der Waals surface area (Å²) in [7, 11) is 0. The van der Waals surface area contributed by atoms with Crippen LogP contribution in [0.15, 0.2) is 29.6 Å². The second-order valence-corrected chi connectivity index (χ2v) is 7.53. The zero-order valence-electron chi connectivity index (χ0n) is 15.0. The minimum Gasteiger partial charge on any atom is -0.353 e. The molecule has 1 fully saturated rings. The number of hydrogen-bond donors (Lipinski definition) is 2. The number of nitrogens with zero attached hydrogens (tertiary/aromatic N) is 1. The Bertz CT molecular complexity index is 845. The fraction of sp³-hybridized carbons (Fsp3) is 0.421. The predicted octanol–water partition coefficient (Wildman–Crippen LogP) is 4.01. The van der Waals surface area contributed by atoms with Crippen LogP contribution in [0.4, 0.5) is 13.2 Å². The van der Waals surface area contributed by atoms with Gasteiger partial charge < -0.3 is 10.6 Å². The van der Waals surface area contributed by atoms with E-state index in [1.54, 1.807) is 0 Å². The molecule has 0 saturated heterocycles. The maximum atomic E-state index is 12.8. The van der Waals surface area contributed by atoms with Crippen LogP contribution in [0.25, 0.3) is 10.6 Å². The minimum absolute atomic E-state index is 0.102. The predicted molar refractivity (Wildman–Crippen MR) is 99.9 cm³/mol. The minimum atomic E-state index is -4.44. The normalized spacial score (nSPS) is 14.8. The van der Waals surface area contributed by atoms with Crippen molar-refractivity contribution in [2.24, 2.45) is 0 Å². The molecule has 1 aromatic heterocycles. The number of amides is 2. The highest BCUT2D eigenvalue weighted by Crippen LogP contribution is 2.33. The van der Waals surface area contributed by atoms with E-state index in [0.717, 1.165) is 49.2 Å². The van der Waals surface area contributed by atoms with Gasteiger partial charge in [-0.3, -0.25) is 9.59 Å². The highest BCUT2D eigenvalue weighted by atomic mass is 32.1. The van der Waals surface area contributed by atoms with Crippen LogP contribution >= 0.6 is 11.3 Å². The Kier molecular flexibility index (Phi) is 6.33. The van der Waals surface area contributed by atoms with Crippen molar-refractivity contribution in [1.29, 1.82) is 0 Å². The summed E-state index contributed by atoms with van der Waals surface area (Å²) in [6.07, 6.45) is -0.0245. The average Bonchev–Trinajstić information content (AvgIpc) is 3.33. The lowest BCUT2D eigenvalue weighted by Gasteiger charge is -2.11. The fourth-order valence-corrected chi connectivity index (χ4v) is 3.89. The Morgan fingerprint density at radius 1 is 1.21 bits per heavy atom. The molecule has 1 aliphatic rings. The standard InChI is InChI=1S/C19H20F3N3O2S/c20-19(21,22)13-5-3-4-12(10-13)18-25-15(11-28-18)17(27)23-9-8-16(26)24-14-6-1-2-7-14/h3-5,10-11,14H,1-2,6-9H2,(H,23,27)(H,24,26). The van der Waals surface area contributed by atoms with E-state index in [4.69, 9.17) is 0 Å². The zero-order valence-corrected chi connectivity index (χ0v) is 15.8. The quantitative estimate of drug-likeness (QED) is 0.755. The van der Waals surface area contributed by atoms with E-state index in [1.165, 1.54) is 17.5 Å². The van der Waals surface area contributed by atoms with Gasteiger partial charge >= 0.3 is 6.18 Å². The molecule has 2 aromatic rings. The molecule has 0 radical (unpaired) electrons. The van der Waals surface area contributed by atoms with Crippen LogP contribution in [0.3, 0.4) is 0 Å². The number of halogens is 3. The van der Waals surface area contributed by atoms with Crippen LogP contribution in [0.1, 0.15) is 48.2 Å². The van der Waals surface area contributed by atoms with E-state index >= 15 is 0 Å². The molecule has 150 valence electrons. The summed E-state index contributed by atoms with van der Waals surface area (Å²) in [5.74, 6) is -0.557. The van der Waals surface area contributed by atoms with Crippen LogP contribution in [-0.4, -0.2) is 29.4 Å². The third-order valence-corrected chi connectivity index (χ3v) is 5.42. The van der Waals surface area contributed by atoms with Crippen molar-refractivity contribution < 1.29 is 22.8 Å². The molecule has 2 N–H and O–H groups in total. The molecule has 0 spiro atoms. The first kappa shape index (κ1) is 20.3. The number of alkyl halides is 3. The second-order valence-electron chi connectivity index (χ2n) is 6.67. The van der Waals surface area contributed by atoms with Gasteiger partial charge in [0.2, 0.25) is 5.91 Å².